The second-order valence-electron chi connectivity index (χ2n) is 6.22. The van der Waals surface area contributed by atoms with Crippen LogP contribution in [0.1, 0.15) is 24.2 Å². The number of esters is 1. The fourth-order valence-corrected chi connectivity index (χ4v) is 2.64. The molecule has 2 atom stereocenters. The van der Waals surface area contributed by atoms with Gasteiger partial charge in [-0.25, -0.2) is 4.98 Å². The lowest BCUT2D eigenvalue weighted by atomic mass is 9.93. The first-order valence-corrected chi connectivity index (χ1v) is 8.92. The number of carbonyl (C=O) groups is 2. The topological polar surface area (TPSA) is 110 Å². The van der Waals surface area contributed by atoms with Crippen LogP contribution in [-0.4, -0.2) is 34.4 Å². The number of aromatic amines is 1. The number of nitrogens with one attached hydrogen (secondary N) is 2. The summed E-state index contributed by atoms with van der Waals surface area (Å²) >= 11 is 0. The second kappa shape index (κ2) is 10.9. The Morgan fingerprint density at radius 3 is 2.78 bits per heavy atom. The highest BCUT2D eigenvalue weighted by Crippen LogP contribution is 2.14. The lowest BCUT2D eigenvalue weighted by Crippen LogP contribution is -2.43. The maximum Gasteiger partial charge on any atom is 0.306 e. The van der Waals surface area contributed by atoms with Crippen molar-refractivity contribution in [2.24, 2.45) is 11.7 Å². The SMILES string of the molecule is C=CCC(N)C(CC(=O)OCc1ccccc1)C(=O)NCCc1ncc[nH]1. The van der Waals surface area contributed by atoms with Crippen LogP contribution >= 0.6 is 0 Å². The van der Waals surface area contributed by atoms with Crippen LogP contribution < -0.4 is 11.1 Å². The fourth-order valence-electron chi connectivity index (χ4n) is 2.64. The van der Waals surface area contributed by atoms with E-state index >= 15 is 0 Å². The van der Waals surface area contributed by atoms with Crippen molar-refractivity contribution in [3.63, 3.8) is 0 Å². The molecule has 0 spiro atoms. The van der Waals surface area contributed by atoms with E-state index in [-0.39, 0.29) is 18.9 Å². The van der Waals surface area contributed by atoms with Crippen molar-refractivity contribution < 1.29 is 14.3 Å². The number of hydrogen-bond acceptors (Lipinski definition) is 5. The molecule has 0 aliphatic heterocycles. The van der Waals surface area contributed by atoms with Gasteiger partial charge in [0.1, 0.15) is 12.4 Å². The average molecular weight is 370 g/mol. The maximum atomic E-state index is 12.5. The van der Waals surface area contributed by atoms with Gasteiger partial charge in [-0.2, -0.15) is 0 Å². The van der Waals surface area contributed by atoms with Crippen LogP contribution in [0.3, 0.4) is 0 Å². The van der Waals surface area contributed by atoms with Gasteiger partial charge in [0, 0.05) is 31.4 Å². The van der Waals surface area contributed by atoms with Gasteiger partial charge in [-0.05, 0) is 12.0 Å². The molecule has 7 heteroatoms. The molecule has 0 fully saturated rings. The van der Waals surface area contributed by atoms with Crippen molar-refractivity contribution in [3.8, 4) is 0 Å². The predicted octanol–water partition coefficient (Wildman–Crippen LogP) is 1.72. The van der Waals surface area contributed by atoms with Crippen LogP contribution in [0, 0.1) is 5.92 Å². The van der Waals surface area contributed by atoms with Crippen molar-refractivity contribution in [1.29, 1.82) is 0 Å². The number of ether oxygens (including phenoxy) is 1. The van der Waals surface area contributed by atoms with Crippen molar-refractivity contribution in [2.75, 3.05) is 6.54 Å². The molecule has 0 bridgehead atoms. The van der Waals surface area contributed by atoms with Gasteiger partial charge in [0.15, 0.2) is 0 Å². The number of nitrogens with two attached hydrogens (primary N) is 1. The highest BCUT2D eigenvalue weighted by Gasteiger charge is 2.28. The molecule has 1 heterocycles. The summed E-state index contributed by atoms with van der Waals surface area (Å²) in [6.07, 6.45) is 5.95. The first-order valence-electron chi connectivity index (χ1n) is 8.92. The number of nitrogens with zero attached hydrogens (tertiary/aromatic N) is 1. The Morgan fingerprint density at radius 1 is 1.33 bits per heavy atom. The van der Waals surface area contributed by atoms with Crippen molar-refractivity contribution >= 4 is 11.9 Å². The molecule has 2 rings (SSSR count). The third-order valence-corrected chi connectivity index (χ3v) is 4.14. The molecular weight excluding hydrogens is 344 g/mol. The average Bonchev–Trinajstić information content (AvgIpc) is 3.19. The smallest absolute Gasteiger partial charge is 0.306 e. The first-order chi connectivity index (χ1) is 13.1. The Bertz CT molecular complexity index is 716. The van der Waals surface area contributed by atoms with E-state index in [1.54, 1.807) is 18.5 Å². The molecule has 0 radical (unpaired) electrons. The molecule has 0 aliphatic carbocycles. The van der Waals surface area contributed by atoms with E-state index < -0.39 is 17.9 Å². The van der Waals surface area contributed by atoms with Gasteiger partial charge in [-0.3, -0.25) is 9.59 Å². The number of carbonyl (C=O) groups excluding carboxylic acids is 2. The fraction of sp³-hybridized carbons (Fsp3) is 0.350. The van der Waals surface area contributed by atoms with E-state index in [0.717, 1.165) is 11.4 Å². The lowest BCUT2D eigenvalue weighted by molar-refractivity contribution is -0.148. The van der Waals surface area contributed by atoms with Gasteiger partial charge in [0.05, 0.1) is 12.3 Å². The zero-order chi connectivity index (χ0) is 19.5. The summed E-state index contributed by atoms with van der Waals surface area (Å²) in [5.41, 5.74) is 6.98. The van der Waals surface area contributed by atoms with E-state index in [0.29, 0.717) is 19.4 Å². The van der Waals surface area contributed by atoms with Gasteiger partial charge in [0.2, 0.25) is 5.91 Å². The van der Waals surface area contributed by atoms with E-state index in [9.17, 15) is 9.59 Å². The Kier molecular flexibility index (Phi) is 8.25. The third kappa shape index (κ3) is 7.07. The number of hydrogen-bond donors (Lipinski definition) is 3. The first kappa shape index (κ1) is 20.4. The monoisotopic (exact) mass is 370 g/mol. The van der Waals surface area contributed by atoms with E-state index in [4.69, 9.17) is 10.5 Å². The molecular formula is C20H26N4O3. The number of aromatic nitrogens is 2. The second-order valence-corrected chi connectivity index (χ2v) is 6.22. The quantitative estimate of drug-likeness (QED) is 0.412. The van der Waals surface area contributed by atoms with Gasteiger partial charge in [0.25, 0.3) is 0 Å². The number of rotatable bonds is 11. The van der Waals surface area contributed by atoms with E-state index in [1.165, 1.54) is 0 Å². The van der Waals surface area contributed by atoms with Gasteiger partial charge in [-0.15, -0.1) is 6.58 Å². The predicted molar refractivity (Wildman–Crippen MR) is 102 cm³/mol. The van der Waals surface area contributed by atoms with Crippen LogP contribution in [0.25, 0.3) is 0 Å². The van der Waals surface area contributed by atoms with Crippen LogP contribution in [0.2, 0.25) is 0 Å². The Morgan fingerprint density at radius 2 is 2.11 bits per heavy atom. The molecule has 27 heavy (non-hydrogen) atoms. The van der Waals surface area contributed by atoms with Crippen molar-refractivity contribution in [2.45, 2.75) is 31.9 Å². The summed E-state index contributed by atoms with van der Waals surface area (Å²) in [5.74, 6) is -0.621. The molecule has 2 unspecified atom stereocenters. The van der Waals surface area contributed by atoms with Crippen LogP contribution in [0.5, 0.6) is 0 Å². The Labute approximate surface area is 159 Å². The summed E-state index contributed by atoms with van der Waals surface area (Å²) in [6.45, 7) is 4.23. The minimum Gasteiger partial charge on any atom is -0.461 e. The number of H-pyrrole nitrogens is 1. The molecule has 1 amide bonds. The highest BCUT2D eigenvalue weighted by atomic mass is 16.5. The molecule has 7 nitrogen and oxygen atoms in total. The maximum absolute atomic E-state index is 12.5. The molecule has 144 valence electrons. The molecule has 0 saturated heterocycles. The largest absolute Gasteiger partial charge is 0.461 e. The molecule has 4 N–H and O–H groups in total. The standard InChI is InChI=1S/C20H26N4O3/c1-2-6-17(21)16(20(26)24-10-9-18-22-11-12-23-18)13-19(25)27-14-15-7-4-3-5-8-15/h2-5,7-8,11-12,16-17H,1,6,9-10,13-14,21H2,(H,22,23)(H,24,26). The summed E-state index contributed by atoms with van der Waals surface area (Å²) in [4.78, 5) is 31.8. The van der Waals surface area contributed by atoms with Crippen LogP contribution in [0.15, 0.2) is 55.4 Å². The summed E-state index contributed by atoms with van der Waals surface area (Å²) in [7, 11) is 0. The lowest BCUT2D eigenvalue weighted by Gasteiger charge is -2.21. The zero-order valence-corrected chi connectivity index (χ0v) is 15.3. The Balaban J connectivity index is 1.86. The summed E-state index contributed by atoms with van der Waals surface area (Å²) in [6, 6.07) is 8.88. The third-order valence-electron chi connectivity index (χ3n) is 4.14. The molecule has 0 aliphatic rings. The normalized spacial score (nSPS) is 12.8. The van der Waals surface area contributed by atoms with Gasteiger partial charge in [-0.1, -0.05) is 36.4 Å². The Hall–Kier alpha value is -2.93. The molecule has 1 aromatic heterocycles. The molecule has 2 aromatic rings. The van der Waals surface area contributed by atoms with Crippen LogP contribution in [-0.2, 0) is 27.4 Å². The zero-order valence-electron chi connectivity index (χ0n) is 15.3. The summed E-state index contributed by atoms with van der Waals surface area (Å²) in [5, 5.41) is 2.82. The number of imidazole rings is 1. The molecule has 0 saturated carbocycles. The van der Waals surface area contributed by atoms with E-state index in [2.05, 4.69) is 21.9 Å². The highest BCUT2D eigenvalue weighted by molar-refractivity contribution is 5.84. The van der Waals surface area contributed by atoms with E-state index in [1.807, 2.05) is 30.3 Å². The van der Waals surface area contributed by atoms with Crippen LogP contribution in [0.4, 0.5) is 0 Å². The minimum absolute atomic E-state index is 0.0750. The number of benzene rings is 1. The minimum atomic E-state index is -0.678. The summed E-state index contributed by atoms with van der Waals surface area (Å²) < 4.78 is 5.29. The number of amides is 1. The van der Waals surface area contributed by atoms with Crippen molar-refractivity contribution in [1.82, 2.24) is 15.3 Å². The van der Waals surface area contributed by atoms with Crippen molar-refractivity contribution in [3.05, 3.63) is 66.8 Å². The molecule has 1 aromatic carbocycles. The van der Waals surface area contributed by atoms with Gasteiger partial charge < -0.3 is 20.8 Å². The van der Waals surface area contributed by atoms with Gasteiger partial charge >= 0.3 is 5.97 Å².